The van der Waals surface area contributed by atoms with Crippen molar-refractivity contribution >= 4 is 35.3 Å². The van der Waals surface area contributed by atoms with Crippen molar-refractivity contribution in [3.05, 3.63) is 70.8 Å². The van der Waals surface area contributed by atoms with E-state index in [9.17, 15) is 28.8 Å². The molecule has 2 aromatic carbocycles. The molecule has 5 amide bonds. The minimum absolute atomic E-state index is 0. The number of fused-ring (bicyclic) bond motifs is 2. The minimum Gasteiger partial charge on any atom is -0.344 e. The van der Waals surface area contributed by atoms with Crippen molar-refractivity contribution in [1.29, 1.82) is 0 Å². The maximum Gasteiger partial charge on any atom is 0.246 e. The number of hydrogen-bond acceptors (Lipinski definition) is 7. The molecule has 6 atom stereocenters. The van der Waals surface area contributed by atoms with E-state index in [4.69, 9.17) is 0 Å². The zero-order chi connectivity index (χ0) is 53.7. The van der Waals surface area contributed by atoms with Crippen molar-refractivity contribution in [3.63, 3.8) is 0 Å². The van der Waals surface area contributed by atoms with Crippen LogP contribution in [0, 0.1) is 28.6 Å². The molecule has 418 valence electrons. The topological polar surface area (TPSA) is 139 Å². The number of benzene rings is 2. The normalized spacial score (nSPS) is 19.4. The van der Waals surface area contributed by atoms with Gasteiger partial charge in [0.05, 0.1) is 6.04 Å². The van der Waals surface area contributed by atoms with Crippen LogP contribution in [0.3, 0.4) is 0 Å². The molecule has 0 radical (unpaired) electrons. The first kappa shape index (κ1) is 61.3. The average Bonchev–Trinajstić information content (AvgIpc) is 4.21. The molecule has 2 aromatic rings. The lowest BCUT2D eigenvalue weighted by Crippen LogP contribution is -2.58. The van der Waals surface area contributed by atoms with Crippen molar-refractivity contribution in [2.45, 2.75) is 222 Å². The number of likely N-dealkylation sites (tertiary alicyclic amines) is 2. The van der Waals surface area contributed by atoms with E-state index in [0.717, 1.165) is 96.3 Å². The van der Waals surface area contributed by atoms with E-state index in [1.54, 1.807) is 7.05 Å². The predicted octanol–water partition coefficient (Wildman–Crippen LogP) is 10.2. The Morgan fingerprint density at radius 3 is 1.67 bits per heavy atom. The molecule has 2 aliphatic carbocycles. The van der Waals surface area contributed by atoms with Crippen LogP contribution in [0.5, 0.6) is 0 Å². The molecule has 0 saturated carbocycles. The molecular weight excluding hydrogens is 937 g/mol. The quantitative estimate of drug-likeness (QED) is 0.0895. The number of carbonyl (C=O) groups is 6. The van der Waals surface area contributed by atoms with E-state index in [-0.39, 0.29) is 84.7 Å². The van der Waals surface area contributed by atoms with Gasteiger partial charge in [0, 0.05) is 81.9 Å². The fourth-order valence-electron chi connectivity index (χ4n) is 12.2. The van der Waals surface area contributed by atoms with Crippen LogP contribution in [0.1, 0.15) is 188 Å². The zero-order valence-corrected chi connectivity index (χ0v) is 47.4. The summed E-state index contributed by atoms with van der Waals surface area (Å²) < 4.78 is 0. The van der Waals surface area contributed by atoms with Crippen LogP contribution >= 0.6 is 0 Å². The van der Waals surface area contributed by atoms with Crippen LogP contribution in [0.4, 0.5) is 0 Å². The second-order valence-corrected chi connectivity index (χ2v) is 25.0. The van der Waals surface area contributed by atoms with Crippen LogP contribution in [0.15, 0.2) is 48.5 Å². The number of likely N-dealkylation sites (N-methyl/N-ethyl adjacent to an activating group) is 1. The van der Waals surface area contributed by atoms with Crippen LogP contribution in [0.25, 0.3) is 0 Å². The van der Waals surface area contributed by atoms with E-state index < -0.39 is 17.4 Å². The number of ketones is 1. The molecule has 0 bridgehead atoms. The lowest BCUT2D eigenvalue weighted by Gasteiger charge is -2.39. The molecule has 2 aliphatic heterocycles. The van der Waals surface area contributed by atoms with Gasteiger partial charge in [-0.05, 0) is 130 Å². The van der Waals surface area contributed by atoms with Crippen molar-refractivity contribution in [1.82, 2.24) is 30.2 Å². The number of nitrogens with zero attached hydrogens (tertiary/aromatic N) is 4. The van der Waals surface area contributed by atoms with Gasteiger partial charge < -0.3 is 30.2 Å². The summed E-state index contributed by atoms with van der Waals surface area (Å²) >= 11 is 0. The molecule has 2 fully saturated rings. The monoisotopic (exact) mass is 1040 g/mol. The molecule has 12 nitrogen and oxygen atoms in total. The van der Waals surface area contributed by atoms with Gasteiger partial charge in [-0.15, -0.1) is 0 Å². The van der Waals surface area contributed by atoms with E-state index in [2.05, 4.69) is 89.7 Å². The second-order valence-electron chi connectivity index (χ2n) is 25.0. The van der Waals surface area contributed by atoms with E-state index in [1.165, 1.54) is 22.3 Å². The summed E-state index contributed by atoms with van der Waals surface area (Å²) in [6.07, 6.45) is 15.4. The lowest BCUT2D eigenvalue weighted by molar-refractivity contribution is -0.144. The van der Waals surface area contributed by atoms with Crippen LogP contribution in [0.2, 0.25) is 0 Å². The number of unbranched alkanes of at least 4 members (excludes halogenated alkanes) is 5. The highest BCUT2D eigenvalue weighted by molar-refractivity contribution is 5.91. The third-order valence-corrected chi connectivity index (χ3v) is 17.4. The number of hydrogen-bond donors (Lipinski definition) is 2. The highest BCUT2D eigenvalue weighted by atomic mass is 16.2. The Labute approximate surface area is 453 Å². The summed E-state index contributed by atoms with van der Waals surface area (Å²) in [4.78, 5) is 91.8. The Bertz CT molecular complexity index is 2160. The summed E-state index contributed by atoms with van der Waals surface area (Å²) in [5.74, 6) is 0.136. The van der Waals surface area contributed by atoms with Crippen molar-refractivity contribution in [2.24, 2.45) is 28.6 Å². The molecule has 75 heavy (non-hydrogen) atoms. The second kappa shape index (κ2) is 28.2. The molecule has 6 rings (SSSR count). The number of amides is 5. The maximum atomic E-state index is 14.4. The van der Waals surface area contributed by atoms with Gasteiger partial charge in [0.25, 0.3) is 0 Å². The zero-order valence-electron chi connectivity index (χ0n) is 47.4. The molecule has 12 heteroatoms. The van der Waals surface area contributed by atoms with Crippen molar-refractivity contribution < 1.29 is 28.8 Å². The first-order chi connectivity index (χ1) is 35.2. The Morgan fingerprint density at radius 2 is 1.16 bits per heavy atom. The fourth-order valence-corrected chi connectivity index (χ4v) is 12.2. The molecular formula is C63H100N6O6. The van der Waals surface area contributed by atoms with Crippen molar-refractivity contribution in [2.75, 3.05) is 39.8 Å². The van der Waals surface area contributed by atoms with Crippen molar-refractivity contribution in [3.8, 4) is 0 Å². The Balaban J connectivity index is 0.0000104. The number of carbonyl (C=O) groups excluding carboxylic acids is 6. The SMILES string of the molecule is C.CC[C@@H](C)C(=O)N[C@H](C(=O)N1CCC[C@H]1CN(C(=O)CCCCCCCCC(=O)N(CCC1Cc2ccccc2C1)C[C@@H]1CCCN1C(=O)[C@@H](CC(=O)[C@H](C)NC)C(C)(C)C)C1Cc2ccccc2C1)C(C)(C)C. The Kier molecular flexibility index (Phi) is 23.0. The molecule has 2 saturated heterocycles. The van der Waals surface area contributed by atoms with E-state index >= 15 is 0 Å². The molecule has 4 aliphatic rings. The summed E-state index contributed by atoms with van der Waals surface area (Å²) in [6, 6.07) is 16.1. The Hall–Kier alpha value is -4.58. The van der Waals surface area contributed by atoms with Crippen LogP contribution in [-0.2, 0) is 54.5 Å². The average molecular weight is 1040 g/mol. The summed E-state index contributed by atoms with van der Waals surface area (Å²) in [7, 11) is 1.78. The lowest BCUT2D eigenvalue weighted by atomic mass is 9.76. The molecule has 0 unspecified atom stereocenters. The number of rotatable bonds is 26. The highest BCUT2D eigenvalue weighted by Crippen LogP contribution is 2.35. The fraction of sp³-hybridized carbons (Fsp3) is 0.714. The Morgan fingerprint density at radius 1 is 0.667 bits per heavy atom. The predicted molar refractivity (Wildman–Crippen MR) is 303 cm³/mol. The molecule has 2 N–H and O–H groups in total. The van der Waals surface area contributed by atoms with Gasteiger partial charge in [0.2, 0.25) is 29.5 Å². The molecule has 0 aromatic heterocycles. The third-order valence-electron chi connectivity index (χ3n) is 17.4. The number of nitrogens with one attached hydrogen (secondary N) is 2. The van der Waals surface area contributed by atoms with Gasteiger partial charge in [-0.2, -0.15) is 0 Å². The van der Waals surface area contributed by atoms with Crippen LogP contribution in [-0.4, -0.2) is 125 Å². The van der Waals surface area contributed by atoms with E-state index in [0.29, 0.717) is 57.9 Å². The number of Topliss-reactive ketones (excluding diaryl/α,β-unsaturated/α-hetero) is 1. The van der Waals surface area contributed by atoms with E-state index in [1.807, 2.05) is 51.3 Å². The van der Waals surface area contributed by atoms with Crippen LogP contribution < -0.4 is 10.6 Å². The molecule has 2 heterocycles. The summed E-state index contributed by atoms with van der Waals surface area (Å²) in [5.41, 5.74) is 4.56. The van der Waals surface area contributed by atoms with Gasteiger partial charge in [0.15, 0.2) is 0 Å². The maximum absolute atomic E-state index is 14.4. The van der Waals surface area contributed by atoms with Gasteiger partial charge in [-0.1, -0.05) is 137 Å². The first-order valence-corrected chi connectivity index (χ1v) is 29.0. The smallest absolute Gasteiger partial charge is 0.246 e. The first-order valence-electron chi connectivity index (χ1n) is 29.0. The third kappa shape index (κ3) is 16.7. The van der Waals surface area contributed by atoms with Gasteiger partial charge in [-0.3, -0.25) is 28.8 Å². The van der Waals surface area contributed by atoms with Gasteiger partial charge >= 0.3 is 0 Å². The largest absolute Gasteiger partial charge is 0.344 e. The minimum atomic E-state index is -0.647. The summed E-state index contributed by atoms with van der Waals surface area (Å²) in [5, 5.41) is 6.16. The van der Waals surface area contributed by atoms with Gasteiger partial charge in [0.1, 0.15) is 11.8 Å². The standard InChI is InChI=1S/C62H96N6O6.CH4/c1-11-43(2)58(72)64-57(62(7,8)9)60(74)67-34-23-29-51(67)42-68(52-38-48-26-20-21-27-49(48)39-52)56(71)31-17-15-13-12-14-16-30-55(70)65(35-32-45-36-46-24-18-19-25-47(46)37-45)41-50-28-22-33-66(50)59(73)53(61(4,5)6)40-54(69)44(3)63-10;/h18-21,24-27,43-45,50-53,57,63H,11-17,22-23,28-42H2,1-10H3,(H,64,72);1H4/t43-,44+,50+,51+,53-,57-;/m1./s1. The van der Waals surface area contributed by atoms with Gasteiger partial charge in [-0.25, -0.2) is 0 Å². The highest BCUT2D eigenvalue weighted by Gasteiger charge is 2.43. The summed E-state index contributed by atoms with van der Waals surface area (Å²) in [6.45, 7) is 20.9. The molecule has 0 spiro atoms.